The van der Waals surface area contributed by atoms with Crippen LogP contribution in [0.25, 0.3) is 11.3 Å². The standard InChI is InChI=1S/C16H13ClFN3O2S/c1-10-8-13(6-7-14(10)18)24(22,23)21-16(19)9-15(20-21)11-2-4-12(17)5-3-11/h2-9H,19H2,1H3. The maximum absolute atomic E-state index is 13.4. The van der Waals surface area contributed by atoms with Gasteiger partial charge in [0.25, 0.3) is 10.0 Å². The number of nitrogen functional groups attached to an aromatic ring is 1. The number of hydrogen-bond acceptors (Lipinski definition) is 4. The fraction of sp³-hybridized carbons (Fsp3) is 0.0625. The molecular weight excluding hydrogens is 353 g/mol. The Labute approximate surface area is 143 Å². The van der Waals surface area contributed by atoms with E-state index in [4.69, 9.17) is 17.3 Å². The molecule has 5 nitrogen and oxygen atoms in total. The first-order chi connectivity index (χ1) is 11.3. The van der Waals surface area contributed by atoms with E-state index in [1.807, 2.05) is 0 Å². The smallest absolute Gasteiger partial charge is 0.284 e. The molecule has 0 aliphatic carbocycles. The van der Waals surface area contributed by atoms with Crippen molar-refractivity contribution in [3.8, 4) is 11.3 Å². The third kappa shape index (κ3) is 2.88. The highest BCUT2D eigenvalue weighted by atomic mass is 35.5. The lowest BCUT2D eigenvalue weighted by Gasteiger charge is -2.07. The van der Waals surface area contributed by atoms with Crippen LogP contribution < -0.4 is 5.73 Å². The van der Waals surface area contributed by atoms with Crippen molar-refractivity contribution in [1.82, 2.24) is 9.19 Å². The molecule has 0 saturated carbocycles. The first-order valence-corrected chi connectivity index (χ1v) is 8.74. The van der Waals surface area contributed by atoms with Gasteiger partial charge in [-0.25, -0.2) is 4.39 Å². The number of benzene rings is 2. The lowest BCUT2D eigenvalue weighted by atomic mass is 10.1. The molecule has 3 rings (SSSR count). The number of rotatable bonds is 3. The topological polar surface area (TPSA) is 78.0 Å². The molecule has 0 amide bonds. The van der Waals surface area contributed by atoms with Gasteiger partial charge in [0, 0.05) is 16.7 Å². The second-order valence-electron chi connectivity index (χ2n) is 5.22. The van der Waals surface area contributed by atoms with Gasteiger partial charge in [-0.1, -0.05) is 23.7 Å². The Kier molecular flexibility index (Phi) is 4.06. The number of nitrogens with two attached hydrogens (primary N) is 1. The van der Waals surface area contributed by atoms with Gasteiger partial charge in [-0.15, -0.1) is 4.09 Å². The molecule has 24 heavy (non-hydrogen) atoms. The molecule has 2 N–H and O–H groups in total. The van der Waals surface area contributed by atoms with Crippen LogP contribution in [0, 0.1) is 12.7 Å². The average molecular weight is 366 g/mol. The summed E-state index contributed by atoms with van der Waals surface area (Å²) in [5.74, 6) is -0.522. The van der Waals surface area contributed by atoms with Gasteiger partial charge in [0.05, 0.1) is 10.6 Å². The third-order valence-corrected chi connectivity index (χ3v) is 5.35. The Hall–Kier alpha value is -2.38. The van der Waals surface area contributed by atoms with Crippen LogP contribution in [0.3, 0.4) is 0 Å². The highest BCUT2D eigenvalue weighted by Crippen LogP contribution is 2.25. The maximum Gasteiger partial charge on any atom is 0.284 e. The van der Waals surface area contributed by atoms with E-state index < -0.39 is 15.8 Å². The minimum atomic E-state index is -4.02. The molecule has 0 aliphatic heterocycles. The summed E-state index contributed by atoms with van der Waals surface area (Å²) in [6.45, 7) is 1.49. The summed E-state index contributed by atoms with van der Waals surface area (Å²) >= 11 is 5.84. The molecule has 1 heterocycles. The Morgan fingerprint density at radius 2 is 1.79 bits per heavy atom. The van der Waals surface area contributed by atoms with Gasteiger partial charge >= 0.3 is 0 Å². The van der Waals surface area contributed by atoms with E-state index in [9.17, 15) is 12.8 Å². The highest BCUT2D eigenvalue weighted by molar-refractivity contribution is 7.90. The van der Waals surface area contributed by atoms with Crippen molar-refractivity contribution in [1.29, 1.82) is 0 Å². The minimum Gasteiger partial charge on any atom is -0.383 e. The molecule has 8 heteroatoms. The summed E-state index contributed by atoms with van der Waals surface area (Å²) in [6.07, 6.45) is 0. The van der Waals surface area contributed by atoms with E-state index in [2.05, 4.69) is 5.10 Å². The molecule has 2 aromatic carbocycles. The zero-order valence-corrected chi connectivity index (χ0v) is 14.1. The predicted molar refractivity (Wildman–Crippen MR) is 90.8 cm³/mol. The van der Waals surface area contributed by atoms with Gasteiger partial charge in [-0.3, -0.25) is 0 Å². The predicted octanol–water partition coefficient (Wildman–Crippen LogP) is 3.47. The Bertz CT molecular complexity index is 1010. The monoisotopic (exact) mass is 365 g/mol. The second kappa shape index (κ2) is 5.92. The van der Waals surface area contributed by atoms with E-state index in [0.29, 0.717) is 16.3 Å². The number of anilines is 1. The molecule has 124 valence electrons. The Morgan fingerprint density at radius 1 is 1.12 bits per heavy atom. The Balaban J connectivity index is 2.08. The van der Waals surface area contributed by atoms with Gasteiger partial charge in [0.2, 0.25) is 0 Å². The van der Waals surface area contributed by atoms with Crippen LogP contribution in [-0.2, 0) is 10.0 Å². The van der Waals surface area contributed by atoms with Gasteiger partial charge in [-0.2, -0.15) is 13.5 Å². The number of aryl methyl sites for hydroxylation is 1. The lowest BCUT2D eigenvalue weighted by molar-refractivity contribution is 0.579. The van der Waals surface area contributed by atoms with Crippen molar-refractivity contribution in [2.75, 3.05) is 5.73 Å². The molecular formula is C16H13ClFN3O2S. The van der Waals surface area contributed by atoms with E-state index in [1.165, 1.54) is 25.1 Å². The number of aromatic nitrogens is 2. The molecule has 0 spiro atoms. The molecule has 0 bridgehead atoms. The van der Waals surface area contributed by atoms with Crippen molar-refractivity contribution >= 4 is 27.4 Å². The van der Waals surface area contributed by atoms with Crippen molar-refractivity contribution in [2.45, 2.75) is 11.8 Å². The van der Waals surface area contributed by atoms with E-state index in [-0.39, 0.29) is 16.3 Å². The zero-order chi connectivity index (χ0) is 17.5. The number of nitrogens with zero attached hydrogens (tertiary/aromatic N) is 2. The van der Waals surface area contributed by atoms with Gasteiger partial charge in [-0.05, 0) is 42.8 Å². The van der Waals surface area contributed by atoms with Gasteiger partial charge < -0.3 is 5.73 Å². The summed E-state index contributed by atoms with van der Waals surface area (Å²) in [7, 11) is -4.02. The molecule has 0 atom stereocenters. The van der Waals surface area contributed by atoms with E-state index >= 15 is 0 Å². The first-order valence-electron chi connectivity index (χ1n) is 6.92. The molecule has 3 aromatic rings. The summed E-state index contributed by atoms with van der Waals surface area (Å²) < 4.78 is 39.5. The van der Waals surface area contributed by atoms with Crippen LogP contribution in [0.15, 0.2) is 53.4 Å². The van der Waals surface area contributed by atoms with Crippen molar-refractivity contribution in [3.63, 3.8) is 0 Å². The molecule has 0 radical (unpaired) electrons. The van der Waals surface area contributed by atoms with Crippen LogP contribution in [0.4, 0.5) is 10.2 Å². The normalized spacial score (nSPS) is 11.6. The summed E-state index contributed by atoms with van der Waals surface area (Å²) in [4.78, 5) is -0.0844. The van der Waals surface area contributed by atoms with Crippen molar-refractivity contribution < 1.29 is 12.8 Å². The molecule has 0 fully saturated rings. The molecule has 1 aromatic heterocycles. The molecule has 0 aliphatic rings. The second-order valence-corrected chi connectivity index (χ2v) is 7.42. The highest BCUT2D eigenvalue weighted by Gasteiger charge is 2.22. The van der Waals surface area contributed by atoms with E-state index in [1.54, 1.807) is 24.3 Å². The summed E-state index contributed by atoms with van der Waals surface area (Å²) in [5, 5.41) is 4.63. The average Bonchev–Trinajstić information content (AvgIpc) is 2.93. The SMILES string of the molecule is Cc1cc(S(=O)(=O)n2nc(-c3ccc(Cl)cc3)cc2N)ccc1F. The number of hydrogen-bond donors (Lipinski definition) is 1. The largest absolute Gasteiger partial charge is 0.383 e. The van der Waals surface area contributed by atoms with Gasteiger partial charge in [0.1, 0.15) is 11.6 Å². The quantitative estimate of drug-likeness (QED) is 0.770. The maximum atomic E-state index is 13.4. The van der Waals surface area contributed by atoms with Crippen molar-refractivity contribution in [3.05, 3.63) is 64.9 Å². The summed E-state index contributed by atoms with van der Waals surface area (Å²) in [5.41, 5.74) is 7.11. The molecule has 0 saturated heterocycles. The van der Waals surface area contributed by atoms with E-state index in [0.717, 1.165) is 10.2 Å². The van der Waals surface area contributed by atoms with Crippen LogP contribution >= 0.6 is 11.6 Å². The lowest BCUT2D eigenvalue weighted by Crippen LogP contribution is -2.17. The minimum absolute atomic E-state index is 0.0399. The van der Waals surface area contributed by atoms with Crippen LogP contribution in [0.1, 0.15) is 5.56 Å². The third-order valence-electron chi connectivity index (χ3n) is 3.50. The fourth-order valence-corrected chi connectivity index (χ4v) is 3.63. The van der Waals surface area contributed by atoms with Crippen molar-refractivity contribution in [2.24, 2.45) is 0 Å². The fourth-order valence-electron chi connectivity index (χ4n) is 2.21. The van der Waals surface area contributed by atoms with Crippen LogP contribution in [-0.4, -0.2) is 17.6 Å². The zero-order valence-electron chi connectivity index (χ0n) is 12.6. The van der Waals surface area contributed by atoms with Crippen LogP contribution in [0.2, 0.25) is 5.02 Å². The Morgan fingerprint density at radius 3 is 2.42 bits per heavy atom. The first kappa shape index (κ1) is 16.5. The summed E-state index contributed by atoms with van der Waals surface area (Å²) in [6, 6.07) is 11.7. The van der Waals surface area contributed by atoms with Gasteiger partial charge in [0.15, 0.2) is 0 Å². The van der Waals surface area contributed by atoms with Crippen LogP contribution in [0.5, 0.6) is 0 Å². The molecule has 0 unspecified atom stereocenters. The number of halogens is 2.